The van der Waals surface area contributed by atoms with Crippen LogP contribution in [-0.2, 0) is 14.2 Å². The van der Waals surface area contributed by atoms with Gasteiger partial charge in [-0.05, 0) is 46.6 Å². The van der Waals surface area contributed by atoms with Gasteiger partial charge in [-0.25, -0.2) is 9.67 Å². The van der Waals surface area contributed by atoms with Gasteiger partial charge in [0.2, 0.25) is 0 Å². The molecule has 3 unspecified atom stereocenters. The summed E-state index contributed by atoms with van der Waals surface area (Å²) in [7, 11) is 0. The highest BCUT2D eigenvalue weighted by Crippen LogP contribution is 2.40. The molecular weight excluding hydrogens is 528 g/mol. The van der Waals surface area contributed by atoms with Gasteiger partial charge in [-0.3, -0.25) is 0 Å². The van der Waals surface area contributed by atoms with E-state index >= 15 is 0 Å². The van der Waals surface area contributed by atoms with E-state index in [0.717, 1.165) is 10.0 Å². The van der Waals surface area contributed by atoms with Crippen molar-refractivity contribution >= 4 is 27.5 Å². The van der Waals surface area contributed by atoms with E-state index in [1.54, 1.807) is 29.8 Å². The Morgan fingerprint density at radius 1 is 1.24 bits per heavy atom. The molecule has 3 aromatic rings. The lowest BCUT2D eigenvalue weighted by Crippen LogP contribution is -2.58. The van der Waals surface area contributed by atoms with Gasteiger partial charge in [-0.1, -0.05) is 47.0 Å². The molecule has 0 saturated carbocycles. The molecule has 176 valence electrons. The molecule has 0 radical (unpaired) electrons. The summed E-state index contributed by atoms with van der Waals surface area (Å²) in [4.78, 5) is 7.47. The summed E-state index contributed by atoms with van der Waals surface area (Å²) in [6.07, 6.45) is -4.18. The van der Waals surface area contributed by atoms with Gasteiger partial charge in [0.1, 0.15) is 24.1 Å². The number of rotatable bonds is 4. The predicted molar refractivity (Wildman–Crippen MR) is 125 cm³/mol. The Kier molecular flexibility index (Phi) is 6.59. The molecule has 2 aliphatic rings. The molecule has 2 aromatic carbocycles. The monoisotopic (exact) mass is 546 g/mol. The number of aliphatic hydroxyl groups excluding tert-OH is 1. The van der Waals surface area contributed by atoms with Crippen LogP contribution in [0.25, 0.3) is 16.1 Å². The number of aryl methyl sites for hydroxylation is 1. The number of halogens is 2. The molecule has 5 rings (SSSR count). The van der Waals surface area contributed by atoms with E-state index in [0.29, 0.717) is 22.4 Å². The first-order valence-corrected chi connectivity index (χ1v) is 11.7. The van der Waals surface area contributed by atoms with Crippen molar-refractivity contribution < 1.29 is 19.3 Å². The molecule has 2 fully saturated rings. The second-order valence-electron chi connectivity index (χ2n) is 7.98. The number of nitrogens with zero attached hydrogens (tertiary/aromatic N) is 6. The zero-order valence-corrected chi connectivity index (χ0v) is 20.2. The van der Waals surface area contributed by atoms with Gasteiger partial charge >= 0.3 is 0 Å². The van der Waals surface area contributed by atoms with Crippen LogP contribution < -0.4 is 0 Å². The average Bonchev–Trinajstić information content (AvgIpc) is 3.23. The minimum atomic E-state index is -1.24. The number of hydrogen-bond acceptors (Lipinski definition) is 7. The van der Waals surface area contributed by atoms with Crippen LogP contribution in [0.2, 0.25) is 5.02 Å². The van der Waals surface area contributed by atoms with Gasteiger partial charge < -0.3 is 19.3 Å². The van der Waals surface area contributed by atoms with E-state index in [-0.39, 0.29) is 6.61 Å². The average molecular weight is 548 g/mol. The summed E-state index contributed by atoms with van der Waals surface area (Å²) >= 11 is 9.72. The Hall–Kier alpha value is -2.50. The van der Waals surface area contributed by atoms with Crippen molar-refractivity contribution in [2.24, 2.45) is 5.11 Å². The van der Waals surface area contributed by atoms with E-state index in [1.165, 1.54) is 0 Å². The van der Waals surface area contributed by atoms with Crippen molar-refractivity contribution in [1.29, 1.82) is 0 Å². The molecule has 2 saturated heterocycles. The number of azide groups is 1. The summed E-state index contributed by atoms with van der Waals surface area (Å²) in [5, 5.41) is 20.1. The summed E-state index contributed by atoms with van der Waals surface area (Å²) in [5.74, 6) is 0.815. The molecule has 0 bridgehead atoms. The molecule has 0 amide bonds. The molecule has 12 heteroatoms. The highest BCUT2D eigenvalue weighted by molar-refractivity contribution is 9.10. The van der Waals surface area contributed by atoms with Crippen LogP contribution in [-0.4, -0.2) is 50.8 Å². The zero-order chi connectivity index (χ0) is 23.8. The fourth-order valence-corrected chi connectivity index (χ4v) is 4.82. The normalized spacial score (nSPS) is 28.7. The minimum Gasteiger partial charge on any atom is -0.389 e. The predicted octanol–water partition coefficient (Wildman–Crippen LogP) is 4.59. The standard InChI is InChI=1S/C22H20BrClN6O4/c1-11-26-21(30(28-11)15-9-13(24)7-8-14(15)23)20-18(31)17(27-29-25)19-16(33-20)10-32-22(34-19)12-5-3-2-4-6-12/h2-9,16-20,22,31H,10H2,1H3/t16?,17-,18?,19+,20-,22?/m1/s1. The van der Waals surface area contributed by atoms with Gasteiger partial charge in [0, 0.05) is 20.0 Å². The van der Waals surface area contributed by atoms with Crippen molar-refractivity contribution in [3.05, 3.63) is 85.7 Å². The van der Waals surface area contributed by atoms with Gasteiger partial charge in [0.25, 0.3) is 0 Å². The lowest BCUT2D eigenvalue weighted by Gasteiger charge is -2.46. The second-order valence-corrected chi connectivity index (χ2v) is 9.27. The fourth-order valence-electron chi connectivity index (χ4n) is 4.24. The van der Waals surface area contributed by atoms with Crippen molar-refractivity contribution in [3.8, 4) is 5.69 Å². The molecule has 34 heavy (non-hydrogen) atoms. The summed E-state index contributed by atoms with van der Waals surface area (Å²) in [6, 6.07) is 13.7. The topological polar surface area (TPSA) is 127 Å². The van der Waals surface area contributed by atoms with Crippen LogP contribution in [0, 0.1) is 6.92 Å². The number of hydrogen-bond donors (Lipinski definition) is 1. The minimum absolute atomic E-state index is 0.179. The van der Waals surface area contributed by atoms with Gasteiger partial charge in [-0.2, -0.15) is 5.10 Å². The van der Waals surface area contributed by atoms with Crippen LogP contribution in [0.5, 0.6) is 0 Å². The summed E-state index contributed by atoms with van der Waals surface area (Å²) in [5.41, 5.74) is 10.7. The Labute approximate surface area is 208 Å². The molecule has 0 aliphatic carbocycles. The Balaban J connectivity index is 1.49. The smallest absolute Gasteiger partial charge is 0.184 e. The molecule has 3 heterocycles. The number of aromatic nitrogens is 3. The molecule has 1 N–H and O–H groups in total. The van der Waals surface area contributed by atoms with Crippen LogP contribution in [0.4, 0.5) is 0 Å². The Morgan fingerprint density at radius 3 is 2.79 bits per heavy atom. The lowest BCUT2D eigenvalue weighted by molar-refractivity contribution is -0.309. The Bertz CT molecular complexity index is 1240. The maximum Gasteiger partial charge on any atom is 0.184 e. The van der Waals surface area contributed by atoms with E-state index in [1.807, 2.05) is 30.3 Å². The molecule has 1 aromatic heterocycles. The van der Waals surface area contributed by atoms with Crippen molar-refractivity contribution in [1.82, 2.24) is 14.8 Å². The SMILES string of the molecule is Cc1nc([C@@H]2OC3COC(c4ccccc4)O[C@@H]3[C@H](N=[N+]=[N-])C2O)n(-c2cc(Cl)ccc2Br)n1. The number of benzene rings is 2. The van der Waals surface area contributed by atoms with Crippen molar-refractivity contribution in [2.45, 2.75) is 43.7 Å². The third kappa shape index (κ3) is 4.32. The number of fused-ring (bicyclic) bond motifs is 1. The van der Waals surface area contributed by atoms with Gasteiger partial charge in [0.05, 0.1) is 24.4 Å². The Morgan fingerprint density at radius 2 is 2.03 bits per heavy atom. The van der Waals surface area contributed by atoms with Gasteiger partial charge in [0.15, 0.2) is 12.1 Å². The van der Waals surface area contributed by atoms with E-state index in [2.05, 4.69) is 36.0 Å². The molecule has 2 aliphatic heterocycles. The molecule has 0 spiro atoms. The van der Waals surface area contributed by atoms with Crippen LogP contribution in [0.15, 0.2) is 58.1 Å². The lowest BCUT2D eigenvalue weighted by atomic mass is 9.91. The van der Waals surface area contributed by atoms with Gasteiger partial charge in [-0.15, -0.1) is 0 Å². The molecule has 6 atom stereocenters. The van der Waals surface area contributed by atoms with E-state index in [9.17, 15) is 10.6 Å². The molecular formula is C22H20BrClN6O4. The van der Waals surface area contributed by atoms with Crippen LogP contribution in [0.3, 0.4) is 0 Å². The largest absolute Gasteiger partial charge is 0.389 e. The number of ether oxygens (including phenoxy) is 3. The molecule has 10 nitrogen and oxygen atoms in total. The third-order valence-electron chi connectivity index (χ3n) is 5.76. The van der Waals surface area contributed by atoms with Crippen molar-refractivity contribution in [2.75, 3.05) is 6.61 Å². The highest BCUT2D eigenvalue weighted by atomic mass is 79.9. The highest BCUT2D eigenvalue weighted by Gasteiger charge is 2.51. The third-order valence-corrected chi connectivity index (χ3v) is 6.67. The maximum absolute atomic E-state index is 11.3. The first-order chi connectivity index (χ1) is 16.5. The number of aliphatic hydroxyl groups is 1. The summed E-state index contributed by atoms with van der Waals surface area (Å²) in [6.45, 7) is 1.91. The van der Waals surface area contributed by atoms with E-state index < -0.39 is 36.7 Å². The van der Waals surface area contributed by atoms with Crippen LogP contribution >= 0.6 is 27.5 Å². The first-order valence-electron chi connectivity index (χ1n) is 10.5. The maximum atomic E-state index is 11.3. The quantitative estimate of drug-likeness (QED) is 0.289. The first kappa shape index (κ1) is 23.3. The van der Waals surface area contributed by atoms with Crippen molar-refractivity contribution in [3.63, 3.8) is 0 Å². The zero-order valence-electron chi connectivity index (χ0n) is 17.9. The second kappa shape index (κ2) is 9.63. The van der Waals surface area contributed by atoms with Crippen LogP contribution in [0.1, 0.15) is 29.6 Å². The summed E-state index contributed by atoms with van der Waals surface area (Å²) < 4.78 is 20.5. The van der Waals surface area contributed by atoms with E-state index in [4.69, 9.17) is 25.8 Å². The fraction of sp³-hybridized carbons (Fsp3) is 0.364.